The molecule has 3 rings (SSSR count). The second kappa shape index (κ2) is 5.46. The summed E-state index contributed by atoms with van der Waals surface area (Å²) in [6, 6.07) is 9.85. The van der Waals surface area contributed by atoms with Gasteiger partial charge in [-0.15, -0.1) is 5.10 Å². The van der Waals surface area contributed by atoms with E-state index in [0.717, 1.165) is 22.5 Å². The third-order valence-electron chi connectivity index (χ3n) is 3.63. The van der Waals surface area contributed by atoms with E-state index < -0.39 is 0 Å². The number of nitrogens with zero attached hydrogens (tertiary/aromatic N) is 4. The molecule has 0 aliphatic heterocycles. The van der Waals surface area contributed by atoms with E-state index in [4.69, 9.17) is 0 Å². The van der Waals surface area contributed by atoms with Gasteiger partial charge in [-0.2, -0.15) is 0 Å². The third kappa shape index (κ3) is 2.32. The molecular formula is C16H16N4O. The van der Waals surface area contributed by atoms with Gasteiger partial charge in [0, 0.05) is 18.0 Å². The molecule has 0 saturated heterocycles. The third-order valence-corrected chi connectivity index (χ3v) is 3.63. The largest absolute Gasteiger partial charge is 0.390 e. The topological polar surface area (TPSA) is 63.8 Å². The van der Waals surface area contributed by atoms with Crippen LogP contribution in [0.15, 0.2) is 42.7 Å². The average Bonchev–Trinajstić information content (AvgIpc) is 2.94. The molecule has 0 unspecified atom stereocenters. The first kappa shape index (κ1) is 13.5. The van der Waals surface area contributed by atoms with Crippen molar-refractivity contribution >= 4 is 0 Å². The highest BCUT2D eigenvalue weighted by atomic mass is 16.3. The Morgan fingerprint density at radius 2 is 2.00 bits per heavy atom. The molecular weight excluding hydrogens is 264 g/mol. The van der Waals surface area contributed by atoms with Gasteiger partial charge in [0.1, 0.15) is 11.4 Å². The summed E-state index contributed by atoms with van der Waals surface area (Å²) >= 11 is 0. The Bertz CT molecular complexity index is 765. The minimum atomic E-state index is -0.158. The molecule has 0 aliphatic rings. The Balaban J connectivity index is 2.25. The van der Waals surface area contributed by atoms with Crippen LogP contribution in [-0.4, -0.2) is 25.1 Å². The molecule has 0 atom stereocenters. The monoisotopic (exact) mass is 280 g/mol. The van der Waals surface area contributed by atoms with E-state index in [1.807, 2.05) is 24.3 Å². The number of aliphatic hydroxyl groups is 1. The summed E-state index contributed by atoms with van der Waals surface area (Å²) in [6.45, 7) is 3.96. The van der Waals surface area contributed by atoms with E-state index >= 15 is 0 Å². The van der Waals surface area contributed by atoms with Crippen LogP contribution in [0.25, 0.3) is 16.9 Å². The van der Waals surface area contributed by atoms with Crippen LogP contribution in [0.5, 0.6) is 0 Å². The lowest BCUT2D eigenvalue weighted by Crippen LogP contribution is -2.03. The Morgan fingerprint density at radius 1 is 1.14 bits per heavy atom. The summed E-state index contributed by atoms with van der Waals surface area (Å²) in [5.41, 5.74) is 5.49. The standard InChI is InChI=1S/C16H16N4O/c1-11-5-3-7-15(12(11)2)20-16(14(10-21)18-19-20)13-6-4-8-17-9-13/h3-9,21H,10H2,1-2H3. The van der Waals surface area contributed by atoms with Gasteiger partial charge < -0.3 is 5.11 Å². The van der Waals surface area contributed by atoms with Gasteiger partial charge in [0.05, 0.1) is 12.3 Å². The van der Waals surface area contributed by atoms with Gasteiger partial charge in [0.2, 0.25) is 0 Å². The maximum Gasteiger partial charge on any atom is 0.117 e. The first-order valence-corrected chi connectivity index (χ1v) is 6.75. The van der Waals surface area contributed by atoms with Crippen molar-refractivity contribution in [3.8, 4) is 16.9 Å². The van der Waals surface area contributed by atoms with Crippen LogP contribution in [0.2, 0.25) is 0 Å². The maximum absolute atomic E-state index is 9.53. The summed E-state index contributed by atoms with van der Waals surface area (Å²) in [7, 11) is 0. The quantitative estimate of drug-likeness (QED) is 0.800. The summed E-state index contributed by atoms with van der Waals surface area (Å²) in [5.74, 6) is 0. The number of rotatable bonds is 3. The Morgan fingerprint density at radius 3 is 2.71 bits per heavy atom. The highest BCUT2D eigenvalue weighted by molar-refractivity contribution is 5.64. The van der Waals surface area contributed by atoms with E-state index in [1.54, 1.807) is 17.1 Å². The van der Waals surface area contributed by atoms with Gasteiger partial charge in [0.15, 0.2) is 0 Å². The number of aromatic nitrogens is 4. The van der Waals surface area contributed by atoms with E-state index in [1.165, 1.54) is 5.56 Å². The van der Waals surface area contributed by atoms with Gasteiger partial charge in [-0.25, -0.2) is 4.68 Å². The molecule has 1 N–H and O–H groups in total. The molecule has 21 heavy (non-hydrogen) atoms. The van der Waals surface area contributed by atoms with Crippen LogP contribution in [-0.2, 0) is 6.61 Å². The summed E-state index contributed by atoms with van der Waals surface area (Å²) in [4.78, 5) is 4.14. The normalized spacial score (nSPS) is 10.8. The van der Waals surface area contributed by atoms with Gasteiger partial charge in [0.25, 0.3) is 0 Å². The van der Waals surface area contributed by atoms with Gasteiger partial charge >= 0.3 is 0 Å². The van der Waals surface area contributed by atoms with Gasteiger partial charge in [-0.3, -0.25) is 4.98 Å². The zero-order valence-electron chi connectivity index (χ0n) is 12.0. The second-order valence-corrected chi connectivity index (χ2v) is 4.92. The Labute approximate surface area is 122 Å². The Kier molecular flexibility index (Phi) is 3.50. The molecule has 2 aromatic heterocycles. The predicted octanol–water partition coefficient (Wildman–Crippen LogP) is 2.44. The van der Waals surface area contributed by atoms with Crippen molar-refractivity contribution in [3.05, 3.63) is 59.5 Å². The molecule has 5 heteroatoms. The lowest BCUT2D eigenvalue weighted by atomic mass is 10.1. The van der Waals surface area contributed by atoms with Gasteiger partial charge in [-0.1, -0.05) is 17.3 Å². The van der Waals surface area contributed by atoms with Crippen molar-refractivity contribution in [3.63, 3.8) is 0 Å². The number of hydrogen-bond acceptors (Lipinski definition) is 4. The molecule has 106 valence electrons. The first-order valence-electron chi connectivity index (χ1n) is 6.75. The zero-order valence-corrected chi connectivity index (χ0v) is 12.0. The second-order valence-electron chi connectivity index (χ2n) is 4.92. The van der Waals surface area contributed by atoms with Crippen molar-refractivity contribution in [1.29, 1.82) is 0 Å². The molecule has 0 spiro atoms. The Hall–Kier alpha value is -2.53. The van der Waals surface area contributed by atoms with Crippen LogP contribution < -0.4 is 0 Å². The minimum Gasteiger partial charge on any atom is -0.390 e. The fourth-order valence-corrected chi connectivity index (χ4v) is 2.34. The molecule has 0 saturated carbocycles. The smallest absolute Gasteiger partial charge is 0.117 e. The fraction of sp³-hybridized carbons (Fsp3) is 0.188. The van der Waals surface area contributed by atoms with Crippen molar-refractivity contribution in [2.45, 2.75) is 20.5 Å². The van der Waals surface area contributed by atoms with E-state index in [0.29, 0.717) is 5.69 Å². The number of aryl methyl sites for hydroxylation is 1. The molecule has 0 aliphatic carbocycles. The lowest BCUT2D eigenvalue weighted by molar-refractivity contribution is 0.277. The van der Waals surface area contributed by atoms with Crippen LogP contribution in [0.4, 0.5) is 0 Å². The summed E-state index contributed by atoms with van der Waals surface area (Å²) < 4.78 is 1.77. The van der Waals surface area contributed by atoms with E-state index in [9.17, 15) is 5.11 Å². The average molecular weight is 280 g/mol. The number of pyridine rings is 1. The van der Waals surface area contributed by atoms with Crippen LogP contribution in [0, 0.1) is 13.8 Å². The molecule has 0 amide bonds. The summed E-state index contributed by atoms with van der Waals surface area (Å²) in [6.07, 6.45) is 3.47. The van der Waals surface area contributed by atoms with Crippen molar-refractivity contribution in [2.24, 2.45) is 0 Å². The van der Waals surface area contributed by atoms with E-state index in [-0.39, 0.29) is 6.61 Å². The van der Waals surface area contributed by atoms with Crippen molar-refractivity contribution in [1.82, 2.24) is 20.0 Å². The molecule has 2 heterocycles. The predicted molar refractivity (Wildman–Crippen MR) is 80.0 cm³/mol. The number of aliphatic hydroxyl groups excluding tert-OH is 1. The highest BCUT2D eigenvalue weighted by Crippen LogP contribution is 2.26. The van der Waals surface area contributed by atoms with Crippen LogP contribution in [0.1, 0.15) is 16.8 Å². The van der Waals surface area contributed by atoms with Crippen molar-refractivity contribution in [2.75, 3.05) is 0 Å². The van der Waals surface area contributed by atoms with Gasteiger partial charge in [-0.05, 0) is 43.2 Å². The molecule has 0 fully saturated rings. The SMILES string of the molecule is Cc1cccc(-n2nnc(CO)c2-c2cccnc2)c1C. The molecule has 0 bridgehead atoms. The molecule has 5 nitrogen and oxygen atoms in total. The first-order chi connectivity index (χ1) is 10.2. The fourth-order valence-electron chi connectivity index (χ4n) is 2.34. The molecule has 1 aromatic carbocycles. The maximum atomic E-state index is 9.53. The molecule has 0 radical (unpaired) electrons. The van der Waals surface area contributed by atoms with Crippen LogP contribution >= 0.6 is 0 Å². The molecule has 3 aromatic rings. The summed E-state index contributed by atoms with van der Waals surface area (Å²) in [5, 5.41) is 17.8. The van der Waals surface area contributed by atoms with Crippen molar-refractivity contribution < 1.29 is 5.11 Å². The zero-order chi connectivity index (χ0) is 14.8. The number of benzene rings is 1. The minimum absolute atomic E-state index is 0.158. The lowest BCUT2D eigenvalue weighted by Gasteiger charge is -2.11. The number of hydrogen-bond donors (Lipinski definition) is 1. The highest BCUT2D eigenvalue weighted by Gasteiger charge is 2.17. The van der Waals surface area contributed by atoms with Crippen LogP contribution in [0.3, 0.4) is 0 Å². The van der Waals surface area contributed by atoms with E-state index in [2.05, 4.69) is 35.2 Å².